The molecule has 0 aromatic heterocycles. The van der Waals surface area contributed by atoms with E-state index < -0.39 is 32.0 Å². The van der Waals surface area contributed by atoms with Crippen molar-refractivity contribution in [3.05, 3.63) is 188 Å². The number of sulfonamides is 2. The van der Waals surface area contributed by atoms with Gasteiger partial charge in [-0.05, 0) is 151 Å². The monoisotopic (exact) mass is 1040 g/mol. The number of unbranched alkanes of at least 4 members (excludes halogenated alkanes) is 4. The molecule has 0 spiro atoms. The first-order valence-corrected chi connectivity index (χ1v) is 27.9. The van der Waals surface area contributed by atoms with Crippen molar-refractivity contribution < 1.29 is 36.6 Å². The van der Waals surface area contributed by atoms with Crippen molar-refractivity contribution in [2.45, 2.75) is 133 Å². The van der Waals surface area contributed by atoms with Crippen molar-refractivity contribution in [2.24, 2.45) is 0 Å². The van der Waals surface area contributed by atoms with E-state index in [9.17, 15) is 36.6 Å². The molecular weight excluding hydrogens is 976 g/mol. The van der Waals surface area contributed by atoms with E-state index in [1.54, 1.807) is 36.4 Å². The maximum absolute atomic E-state index is 13.9. The highest BCUT2D eigenvalue weighted by Crippen LogP contribution is 2.37. The minimum atomic E-state index is -3.90. The van der Waals surface area contributed by atoms with Crippen LogP contribution in [0.1, 0.15) is 157 Å². The quantitative estimate of drug-likeness (QED) is 0.0460. The van der Waals surface area contributed by atoms with Crippen LogP contribution < -0.4 is 9.44 Å². The van der Waals surface area contributed by atoms with Crippen LogP contribution in [0.15, 0.2) is 137 Å². The van der Waals surface area contributed by atoms with Crippen molar-refractivity contribution in [1.29, 1.82) is 0 Å². The summed E-state index contributed by atoms with van der Waals surface area (Å²) in [5.41, 5.74) is 8.21. The number of carbonyl (C=O) groups is 2. The molecule has 71 heavy (non-hydrogen) atoms. The number of carboxylic acid groups (broad SMARTS) is 2. The van der Waals surface area contributed by atoms with Gasteiger partial charge in [0.25, 0.3) is 20.0 Å². The van der Waals surface area contributed by atoms with Gasteiger partial charge in [0.1, 0.15) is 4.90 Å². The molecular formula is C57H66Cl2N2O8S2. The number of rotatable bonds is 23. The Hall–Kier alpha value is -5.66. The number of anilines is 2. The van der Waals surface area contributed by atoms with Crippen molar-refractivity contribution in [2.75, 3.05) is 9.44 Å². The lowest BCUT2D eigenvalue weighted by Gasteiger charge is -2.23. The number of para-hydroxylation sites is 2. The number of carboxylic acids is 2. The Bertz CT molecular complexity index is 2980. The molecule has 0 saturated carbocycles. The molecule has 6 rings (SSSR count). The van der Waals surface area contributed by atoms with Gasteiger partial charge in [0, 0.05) is 5.02 Å². The zero-order chi connectivity index (χ0) is 51.9. The lowest BCUT2D eigenvalue weighted by atomic mass is 9.89. The normalized spacial score (nSPS) is 11.6. The summed E-state index contributed by atoms with van der Waals surface area (Å²) in [6, 6.07) is 37.4. The zero-order valence-electron chi connectivity index (χ0n) is 41.3. The molecule has 0 aliphatic carbocycles. The average molecular weight is 1040 g/mol. The highest BCUT2D eigenvalue weighted by molar-refractivity contribution is 7.93. The fourth-order valence-electron chi connectivity index (χ4n) is 8.46. The molecule has 6 aromatic carbocycles. The first-order valence-electron chi connectivity index (χ1n) is 24.2. The predicted octanol–water partition coefficient (Wildman–Crippen LogP) is 15.0. The summed E-state index contributed by atoms with van der Waals surface area (Å²) in [4.78, 5) is 23.1. The number of aryl methyl sites for hydroxylation is 4. The van der Waals surface area contributed by atoms with Gasteiger partial charge in [-0.3, -0.25) is 9.44 Å². The molecule has 4 N–H and O–H groups in total. The van der Waals surface area contributed by atoms with Crippen molar-refractivity contribution in [3.8, 4) is 0 Å². The summed E-state index contributed by atoms with van der Waals surface area (Å²) in [7, 11) is -7.71. The second-order valence-corrected chi connectivity index (χ2v) is 22.8. The van der Waals surface area contributed by atoms with Crippen LogP contribution in [-0.4, -0.2) is 39.0 Å². The number of halogens is 2. The lowest BCUT2D eigenvalue weighted by molar-refractivity contribution is 0.0684. The van der Waals surface area contributed by atoms with Crippen LogP contribution in [0.4, 0.5) is 11.4 Å². The first kappa shape index (κ1) is 56.3. The number of aromatic carboxylic acids is 2. The summed E-state index contributed by atoms with van der Waals surface area (Å²) in [5, 5.41) is 19.1. The number of hydrogen-bond donors (Lipinski definition) is 4. The van der Waals surface area contributed by atoms with Gasteiger partial charge in [0.15, 0.2) is 0 Å². The van der Waals surface area contributed by atoms with Gasteiger partial charge < -0.3 is 10.2 Å². The fraction of sp³-hybridized carbons (Fsp3) is 0.333. The first-order chi connectivity index (χ1) is 33.7. The van der Waals surface area contributed by atoms with Gasteiger partial charge in [0.2, 0.25) is 0 Å². The Balaban J connectivity index is 0.000000269. The maximum Gasteiger partial charge on any atom is 0.335 e. The molecule has 0 unspecified atom stereocenters. The van der Waals surface area contributed by atoms with Crippen LogP contribution in [-0.2, 0) is 45.7 Å². The van der Waals surface area contributed by atoms with Gasteiger partial charge in [-0.15, -0.1) is 0 Å². The Labute approximate surface area is 431 Å². The van der Waals surface area contributed by atoms with Crippen LogP contribution >= 0.6 is 23.2 Å². The smallest absolute Gasteiger partial charge is 0.335 e. The van der Waals surface area contributed by atoms with E-state index in [1.165, 1.54) is 18.2 Å². The van der Waals surface area contributed by atoms with Crippen LogP contribution in [0, 0.1) is 0 Å². The van der Waals surface area contributed by atoms with E-state index in [-0.39, 0.29) is 26.8 Å². The molecule has 6 aromatic rings. The predicted molar refractivity (Wildman–Crippen MR) is 289 cm³/mol. The molecule has 0 bridgehead atoms. The molecule has 0 atom stereocenters. The van der Waals surface area contributed by atoms with Crippen LogP contribution in [0.25, 0.3) is 0 Å². The number of nitrogens with one attached hydrogen (secondary N) is 2. The van der Waals surface area contributed by atoms with E-state index in [0.717, 1.165) is 83.9 Å². The third kappa shape index (κ3) is 15.9. The van der Waals surface area contributed by atoms with E-state index in [1.807, 2.05) is 88.4 Å². The third-order valence-electron chi connectivity index (χ3n) is 12.3. The molecule has 378 valence electrons. The van der Waals surface area contributed by atoms with Crippen LogP contribution in [0.5, 0.6) is 0 Å². The molecule has 0 heterocycles. The lowest BCUT2D eigenvalue weighted by Crippen LogP contribution is -2.20. The van der Waals surface area contributed by atoms with Crippen LogP contribution in [0.3, 0.4) is 0 Å². The van der Waals surface area contributed by atoms with Gasteiger partial charge in [-0.1, -0.05) is 163 Å². The highest BCUT2D eigenvalue weighted by atomic mass is 35.5. The summed E-state index contributed by atoms with van der Waals surface area (Å²) >= 11 is 12.0. The molecule has 14 heteroatoms. The van der Waals surface area contributed by atoms with Gasteiger partial charge in [0.05, 0.1) is 32.4 Å². The van der Waals surface area contributed by atoms with E-state index in [4.69, 9.17) is 23.2 Å². The minimum absolute atomic E-state index is 0.0641. The third-order valence-corrected chi connectivity index (χ3v) is 15.9. The van der Waals surface area contributed by atoms with E-state index in [2.05, 4.69) is 35.4 Å². The molecule has 10 nitrogen and oxygen atoms in total. The van der Waals surface area contributed by atoms with Crippen molar-refractivity contribution >= 4 is 66.6 Å². The maximum atomic E-state index is 13.9. The van der Waals surface area contributed by atoms with Crippen LogP contribution in [0.2, 0.25) is 10.0 Å². The second kappa shape index (κ2) is 26.2. The summed E-state index contributed by atoms with van der Waals surface area (Å²) in [6.45, 7) is 12.5. The Morgan fingerprint density at radius 1 is 0.479 bits per heavy atom. The Kier molecular flexibility index (Phi) is 20.7. The Morgan fingerprint density at radius 3 is 1.27 bits per heavy atom. The summed E-state index contributed by atoms with van der Waals surface area (Å²) in [6.07, 6.45) is 8.05. The minimum Gasteiger partial charge on any atom is -0.478 e. The average Bonchev–Trinajstić information content (AvgIpc) is 3.32. The largest absolute Gasteiger partial charge is 0.478 e. The standard InChI is InChI=1S/C33H43NO4S.C24H23Cl2NO4S/c1-22(2)27-20-29(23(3)4)32(30(21-27)24(5)6)39(37,38)34-31-19-13-11-17-26(31)16-9-7-8-14-25-15-10-12-18-28(25)33(35)36;25-19-14-15-21(26)23(16-19)32(30,31)27-22-13-7-5-11-18(22)10-3-1-2-8-17-9-4-6-12-20(17)24(28)29/h10-13,15,17-24,34H,7-9,14,16H2,1-6H3,(H,35,36);4-7,9,11-16,27H,1-3,8,10H2,(H,28,29). The van der Waals surface area contributed by atoms with Crippen molar-refractivity contribution in [3.63, 3.8) is 0 Å². The zero-order valence-corrected chi connectivity index (χ0v) is 44.5. The number of benzene rings is 6. The molecule has 0 aliphatic heterocycles. The van der Waals surface area contributed by atoms with Gasteiger partial charge >= 0.3 is 11.9 Å². The molecule has 0 radical (unpaired) electrons. The molecule has 0 saturated heterocycles. The molecule has 0 amide bonds. The summed E-state index contributed by atoms with van der Waals surface area (Å²) < 4.78 is 59.1. The summed E-state index contributed by atoms with van der Waals surface area (Å²) in [5.74, 6) is -1.37. The van der Waals surface area contributed by atoms with E-state index >= 15 is 0 Å². The van der Waals surface area contributed by atoms with Gasteiger partial charge in [-0.2, -0.15) is 0 Å². The molecule has 0 fully saturated rings. The van der Waals surface area contributed by atoms with E-state index in [0.29, 0.717) is 52.6 Å². The topological polar surface area (TPSA) is 167 Å². The highest BCUT2D eigenvalue weighted by Gasteiger charge is 2.28. The second-order valence-electron chi connectivity index (χ2n) is 18.6. The van der Waals surface area contributed by atoms with Gasteiger partial charge in [-0.25, -0.2) is 26.4 Å². The van der Waals surface area contributed by atoms with Crippen molar-refractivity contribution in [1.82, 2.24) is 0 Å². The number of hydrogen-bond acceptors (Lipinski definition) is 6. The SMILES string of the molecule is CC(C)c1cc(C(C)C)c(S(=O)(=O)Nc2ccccc2CCCCCc2ccccc2C(=O)O)c(C(C)C)c1.O=C(O)c1ccccc1CCCCCc1ccccc1NS(=O)(=O)c1cc(Cl)ccc1Cl. The molecule has 0 aliphatic rings. The fourth-order valence-corrected chi connectivity index (χ4v) is 12.1. The Morgan fingerprint density at radius 2 is 0.859 bits per heavy atom.